The fourth-order valence-corrected chi connectivity index (χ4v) is 2.72. The molecule has 0 saturated carbocycles. The zero-order valence-corrected chi connectivity index (χ0v) is 14.8. The lowest BCUT2D eigenvalue weighted by molar-refractivity contribution is -0.131. The van der Waals surface area contributed by atoms with Gasteiger partial charge in [0.2, 0.25) is 0 Å². The largest absolute Gasteiger partial charge is 0.478 e. The van der Waals surface area contributed by atoms with Crippen molar-refractivity contribution < 1.29 is 19.7 Å². The number of allylic oxidation sites excluding steroid dienone is 5. The van der Waals surface area contributed by atoms with Gasteiger partial charge in [-0.3, -0.25) is 0 Å². The van der Waals surface area contributed by atoms with Crippen molar-refractivity contribution >= 4 is 5.97 Å². The van der Waals surface area contributed by atoms with Gasteiger partial charge in [-0.05, 0) is 25.7 Å². The Labute approximate surface area is 145 Å². The predicted octanol–water partition coefficient (Wildman–Crippen LogP) is 4.40. The first-order valence-corrected chi connectivity index (χ1v) is 9.21. The number of carboxylic acids is 1. The average molecular weight is 336 g/mol. The first-order chi connectivity index (χ1) is 11.6. The molecule has 0 bridgehead atoms. The number of aliphatic hydroxyl groups excluding tert-OH is 1. The summed E-state index contributed by atoms with van der Waals surface area (Å²) in [5.41, 5.74) is 0. The number of ether oxygens (including phenoxy) is 1. The minimum absolute atomic E-state index is 0.0887. The number of epoxide rings is 1. The highest BCUT2D eigenvalue weighted by molar-refractivity contribution is 5.80. The maximum absolute atomic E-state index is 10.2. The van der Waals surface area contributed by atoms with Crippen LogP contribution in [0.1, 0.15) is 64.7 Å². The van der Waals surface area contributed by atoms with E-state index in [4.69, 9.17) is 9.84 Å². The third-order valence-electron chi connectivity index (χ3n) is 4.17. The maximum atomic E-state index is 10.2. The number of unbranched alkanes of at least 4 members (excludes halogenated alkanes) is 5. The van der Waals surface area contributed by atoms with E-state index in [9.17, 15) is 9.90 Å². The first-order valence-electron chi connectivity index (χ1n) is 9.21. The molecule has 0 aromatic carbocycles. The van der Waals surface area contributed by atoms with Gasteiger partial charge < -0.3 is 14.9 Å². The van der Waals surface area contributed by atoms with E-state index in [1.54, 1.807) is 6.08 Å². The molecule has 4 heteroatoms. The Balaban J connectivity index is 1.94. The number of rotatable bonds is 14. The molecule has 0 radical (unpaired) electrons. The second-order valence-corrected chi connectivity index (χ2v) is 6.35. The first kappa shape index (κ1) is 20.7. The summed E-state index contributed by atoms with van der Waals surface area (Å²) in [6.07, 6.45) is 20.1. The molecule has 1 rings (SSSR count). The number of hydrogen-bond donors (Lipinski definition) is 2. The Kier molecular flexibility index (Phi) is 11.2. The summed E-state index contributed by atoms with van der Waals surface area (Å²) in [7, 11) is 0. The molecule has 1 fully saturated rings. The third kappa shape index (κ3) is 10.4. The molecule has 24 heavy (non-hydrogen) atoms. The lowest BCUT2D eigenvalue weighted by Gasteiger charge is -2.06. The Morgan fingerprint density at radius 3 is 2.62 bits per heavy atom. The monoisotopic (exact) mass is 336 g/mol. The maximum Gasteiger partial charge on any atom is 0.328 e. The summed E-state index contributed by atoms with van der Waals surface area (Å²) < 4.78 is 5.57. The Morgan fingerprint density at radius 2 is 1.88 bits per heavy atom. The molecule has 136 valence electrons. The van der Waals surface area contributed by atoms with E-state index in [1.807, 2.05) is 12.2 Å². The summed E-state index contributed by atoms with van der Waals surface area (Å²) in [4.78, 5) is 10.2. The predicted molar refractivity (Wildman–Crippen MR) is 97.0 cm³/mol. The van der Waals surface area contributed by atoms with Crippen LogP contribution in [0.3, 0.4) is 0 Å². The minimum Gasteiger partial charge on any atom is -0.478 e. The number of carboxylic acid groups (broad SMARTS) is 1. The van der Waals surface area contributed by atoms with Crippen LogP contribution >= 0.6 is 0 Å². The SMILES string of the molecule is CCCCCC1OC1C(O)CCCCCC=CC=CC=CC(=O)O. The van der Waals surface area contributed by atoms with Gasteiger partial charge in [-0.1, -0.05) is 69.4 Å². The Bertz CT molecular complexity index is 425. The van der Waals surface area contributed by atoms with Gasteiger partial charge >= 0.3 is 5.97 Å². The van der Waals surface area contributed by atoms with Gasteiger partial charge in [0.1, 0.15) is 6.10 Å². The van der Waals surface area contributed by atoms with Gasteiger partial charge in [0.05, 0.1) is 12.2 Å². The van der Waals surface area contributed by atoms with Crippen LogP contribution in [0.25, 0.3) is 0 Å². The molecule has 0 aromatic rings. The van der Waals surface area contributed by atoms with Crippen molar-refractivity contribution in [3.05, 3.63) is 36.5 Å². The fraction of sp³-hybridized carbons (Fsp3) is 0.650. The lowest BCUT2D eigenvalue weighted by Crippen LogP contribution is -2.16. The molecule has 3 atom stereocenters. The van der Waals surface area contributed by atoms with Crippen LogP contribution in [-0.4, -0.2) is 34.5 Å². The second-order valence-electron chi connectivity index (χ2n) is 6.35. The van der Waals surface area contributed by atoms with Crippen molar-refractivity contribution in [1.29, 1.82) is 0 Å². The van der Waals surface area contributed by atoms with E-state index in [1.165, 1.54) is 25.3 Å². The molecule has 0 spiro atoms. The normalized spacial score (nSPS) is 21.9. The quantitative estimate of drug-likeness (QED) is 0.213. The van der Waals surface area contributed by atoms with Gasteiger partial charge in [0, 0.05) is 6.08 Å². The van der Waals surface area contributed by atoms with E-state index in [0.29, 0.717) is 6.10 Å². The van der Waals surface area contributed by atoms with Crippen molar-refractivity contribution in [2.45, 2.75) is 83.0 Å². The van der Waals surface area contributed by atoms with E-state index in [0.717, 1.165) is 44.6 Å². The standard InChI is InChI=1S/C20H32O4/c1-2-3-11-15-18-20(24-18)17(21)14-12-9-7-5-4-6-8-10-13-16-19(22)23/h4,6,8,10,13,16-18,20-21H,2-3,5,7,9,11-12,14-15H2,1H3,(H,22,23). The summed E-state index contributed by atoms with van der Waals surface area (Å²) in [5.74, 6) is -0.935. The molecule has 3 unspecified atom stereocenters. The molecule has 2 N–H and O–H groups in total. The van der Waals surface area contributed by atoms with Crippen LogP contribution < -0.4 is 0 Å². The zero-order chi connectivity index (χ0) is 17.6. The Hall–Kier alpha value is -1.39. The highest BCUT2D eigenvalue weighted by Gasteiger charge is 2.42. The van der Waals surface area contributed by atoms with Crippen LogP contribution in [0.2, 0.25) is 0 Å². The number of aliphatic hydroxyl groups is 1. The van der Waals surface area contributed by atoms with Crippen LogP contribution in [0.5, 0.6) is 0 Å². The fourth-order valence-electron chi connectivity index (χ4n) is 2.72. The zero-order valence-electron chi connectivity index (χ0n) is 14.8. The number of carbonyl (C=O) groups is 1. The average Bonchev–Trinajstić information content (AvgIpc) is 3.32. The van der Waals surface area contributed by atoms with Gasteiger partial charge in [-0.2, -0.15) is 0 Å². The van der Waals surface area contributed by atoms with Crippen molar-refractivity contribution in [2.75, 3.05) is 0 Å². The van der Waals surface area contributed by atoms with E-state index in [-0.39, 0.29) is 12.2 Å². The molecule has 1 aliphatic rings. The van der Waals surface area contributed by atoms with Crippen molar-refractivity contribution in [2.24, 2.45) is 0 Å². The number of hydrogen-bond acceptors (Lipinski definition) is 3. The van der Waals surface area contributed by atoms with Crippen molar-refractivity contribution in [3.63, 3.8) is 0 Å². The molecule has 1 heterocycles. The van der Waals surface area contributed by atoms with E-state index < -0.39 is 5.97 Å². The van der Waals surface area contributed by atoms with E-state index in [2.05, 4.69) is 13.0 Å². The minimum atomic E-state index is -0.935. The summed E-state index contributed by atoms with van der Waals surface area (Å²) in [5, 5.41) is 18.5. The van der Waals surface area contributed by atoms with Crippen molar-refractivity contribution in [1.82, 2.24) is 0 Å². The van der Waals surface area contributed by atoms with Crippen LogP contribution in [-0.2, 0) is 9.53 Å². The molecular formula is C20H32O4. The second kappa shape index (κ2) is 13.0. The molecule has 0 aromatic heterocycles. The van der Waals surface area contributed by atoms with Crippen LogP contribution in [0.4, 0.5) is 0 Å². The van der Waals surface area contributed by atoms with Gasteiger partial charge in [-0.25, -0.2) is 4.79 Å². The topological polar surface area (TPSA) is 70.1 Å². The lowest BCUT2D eigenvalue weighted by atomic mass is 10.0. The molecule has 0 aliphatic carbocycles. The van der Waals surface area contributed by atoms with E-state index >= 15 is 0 Å². The molecule has 4 nitrogen and oxygen atoms in total. The smallest absolute Gasteiger partial charge is 0.328 e. The number of aliphatic carboxylic acids is 1. The summed E-state index contributed by atoms with van der Waals surface area (Å²) >= 11 is 0. The Morgan fingerprint density at radius 1 is 1.08 bits per heavy atom. The van der Waals surface area contributed by atoms with Crippen molar-refractivity contribution in [3.8, 4) is 0 Å². The highest BCUT2D eigenvalue weighted by atomic mass is 16.6. The van der Waals surface area contributed by atoms with Gasteiger partial charge in [-0.15, -0.1) is 0 Å². The van der Waals surface area contributed by atoms with Gasteiger partial charge in [0.25, 0.3) is 0 Å². The molecule has 0 amide bonds. The van der Waals surface area contributed by atoms with Gasteiger partial charge in [0.15, 0.2) is 0 Å². The molecule has 1 saturated heterocycles. The van der Waals surface area contributed by atoms with Crippen LogP contribution in [0.15, 0.2) is 36.5 Å². The molecule has 1 aliphatic heterocycles. The third-order valence-corrected chi connectivity index (χ3v) is 4.17. The summed E-state index contributed by atoms with van der Waals surface area (Å²) in [6.45, 7) is 2.20. The highest BCUT2D eigenvalue weighted by Crippen LogP contribution is 2.32. The summed E-state index contributed by atoms with van der Waals surface area (Å²) in [6, 6.07) is 0. The molecular weight excluding hydrogens is 304 g/mol. The van der Waals surface area contributed by atoms with Crippen LogP contribution in [0, 0.1) is 0 Å².